The van der Waals surface area contributed by atoms with Crippen molar-refractivity contribution in [3.8, 4) is 0 Å². The third-order valence-electron chi connectivity index (χ3n) is 4.14. The summed E-state index contributed by atoms with van der Waals surface area (Å²) in [6.45, 7) is 5.07. The average molecular weight is 196 g/mol. The van der Waals surface area contributed by atoms with E-state index in [0.717, 1.165) is 18.0 Å². The van der Waals surface area contributed by atoms with Crippen molar-refractivity contribution >= 4 is 0 Å². The standard InChI is InChI=1S/C12H24N2/c1-10-6-8-14(9-7-10)12-5-3-4-11(12)13-2/h10-13H,3-9H2,1-2H3/t11-,12-/m1/s1. The predicted molar refractivity (Wildman–Crippen MR) is 60.5 cm³/mol. The van der Waals surface area contributed by atoms with Gasteiger partial charge < -0.3 is 5.32 Å². The molecule has 0 amide bonds. The quantitative estimate of drug-likeness (QED) is 0.725. The maximum absolute atomic E-state index is 3.48. The Morgan fingerprint density at radius 2 is 1.79 bits per heavy atom. The van der Waals surface area contributed by atoms with E-state index in [9.17, 15) is 0 Å². The van der Waals surface area contributed by atoms with Crippen LogP contribution in [-0.4, -0.2) is 37.1 Å². The Kier molecular flexibility index (Phi) is 3.45. The van der Waals surface area contributed by atoms with Crippen molar-refractivity contribution in [2.24, 2.45) is 5.92 Å². The van der Waals surface area contributed by atoms with Crippen molar-refractivity contribution in [3.05, 3.63) is 0 Å². The molecule has 0 spiro atoms. The number of likely N-dealkylation sites (N-methyl/N-ethyl adjacent to an activating group) is 1. The zero-order valence-corrected chi connectivity index (χ0v) is 9.63. The van der Waals surface area contributed by atoms with Crippen LogP contribution in [0.5, 0.6) is 0 Å². The molecule has 14 heavy (non-hydrogen) atoms. The minimum Gasteiger partial charge on any atom is -0.315 e. The van der Waals surface area contributed by atoms with Crippen molar-refractivity contribution in [2.45, 2.75) is 51.1 Å². The van der Waals surface area contributed by atoms with Crippen molar-refractivity contribution in [2.75, 3.05) is 20.1 Å². The molecule has 1 saturated heterocycles. The van der Waals surface area contributed by atoms with E-state index < -0.39 is 0 Å². The van der Waals surface area contributed by atoms with Crippen LogP contribution < -0.4 is 5.32 Å². The third-order valence-corrected chi connectivity index (χ3v) is 4.14. The van der Waals surface area contributed by atoms with Crippen LogP contribution in [-0.2, 0) is 0 Å². The van der Waals surface area contributed by atoms with E-state index in [2.05, 4.69) is 24.2 Å². The average Bonchev–Trinajstić information content (AvgIpc) is 2.67. The zero-order chi connectivity index (χ0) is 9.97. The van der Waals surface area contributed by atoms with Gasteiger partial charge in [0.1, 0.15) is 0 Å². The fourth-order valence-corrected chi connectivity index (χ4v) is 3.07. The van der Waals surface area contributed by atoms with Gasteiger partial charge in [0, 0.05) is 12.1 Å². The molecule has 2 heteroatoms. The normalized spacial score (nSPS) is 36.4. The third kappa shape index (κ3) is 2.12. The highest BCUT2D eigenvalue weighted by Gasteiger charge is 2.32. The van der Waals surface area contributed by atoms with Crippen LogP contribution >= 0.6 is 0 Å². The molecule has 0 radical (unpaired) electrons. The molecule has 2 atom stereocenters. The van der Waals surface area contributed by atoms with Gasteiger partial charge in [-0.2, -0.15) is 0 Å². The second kappa shape index (κ2) is 4.63. The van der Waals surface area contributed by atoms with E-state index in [1.54, 1.807) is 0 Å². The van der Waals surface area contributed by atoms with E-state index in [0.29, 0.717) is 0 Å². The molecule has 2 nitrogen and oxygen atoms in total. The summed E-state index contributed by atoms with van der Waals surface area (Å²) in [5.41, 5.74) is 0. The Balaban J connectivity index is 1.88. The van der Waals surface area contributed by atoms with Gasteiger partial charge in [0.25, 0.3) is 0 Å². The van der Waals surface area contributed by atoms with Crippen molar-refractivity contribution in [3.63, 3.8) is 0 Å². The van der Waals surface area contributed by atoms with Crippen LogP contribution in [0.2, 0.25) is 0 Å². The minimum absolute atomic E-state index is 0.767. The molecule has 82 valence electrons. The summed E-state index contributed by atoms with van der Waals surface area (Å²) in [5.74, 6) is 0.959. The van der Waals surface area contributed by atoms with Crippen LogP contribution in [0.1, 0.15) is 39.0 Å². The number of nitrogens with zero attached hydrogens (tertiary/aromatic N) is 1. The van der Waals surface area contributed by atoms with Gasteiger partial charge >= 0.3 is 0 Å². The lowest BCUT2D eigenvalue weighted by Crippen LogP contribution is -2.48. The highest BCUT2D eigenvalue weighted by Crippen LogP contribution is 2.27. The Morgan fingerprint density at radius 3 is 2.43 bits per heavy atom. The molecular formula is C12H24N2. The number of piperidine rings is 1. The number of hydrogen-bond acceptors (Lipinski definition) is 2. The van der Waals surface area contributed by atoms with Gasteiger partial charge in [0.15, 0.2) is 0 Å². The smallest absolute Gasteiger partial charge is 0.0249 e. The summed E-state index contributed by atoms with van der Waals surface area (Å²) in [6.07, 6.45) is 7.04. The van der Waals surface area contributed by atoms with Crippen LogP contribution in [0.3, 0.4) is 0 Å². The maximum atomic E-state index is 3.48. The summed E-state index contributed by atoms with van der Waals surface area (Å²) in [5, 5.41) is 3.48. The fourth-order valence-electron chi connectivity index (χ4n) is 3.07. The monoisotopic (exact) mass is 196 g/mol. The van der Waals surface area contributed by atoms with Gasteiger partial charge in [0.2, 0.25) is 0 Å². The topological polar surface area (TPSA) is 15.3 Å². The van der Waals surface area contributed by atoms with Crippen molar-refractivity contribution < 1.29 is 0 Å². The number of hydrogen-bond donors (Lipinski definition) is 1. The molecule has 1 saturated carbocycles. The lowest BCUT2D eigenvalue weighted by atomic mass is 9.97. The molecular weight excluding hydrogens is 172 g/mol. The molecule has 0 aromatic heterocycles. The summed E-state index contributed by atoms with van der Waals surface area (Å²) < 4.78 is 0. The van der Waals surface area contributed by atoms with E-state index in [1.165, 1.54) is 45.2 Å². The lowest BCUT2D eigenvalue weighted by molar-refractivity contribution is 0.124. The van der Waals surface area contributed by atoms with Gasteiger partial charge in [-0.05, 0) is 51.7 Å². The molecule has 1 aliphatic heterocycles. The van der Waals surface area contributed by atoms with Crippen LogP contribution in [0.15, 0.2) is 0 Å². The molecule has 0 aromatic carbocycles. The first-order valence-corrected chi connectivity index (χ1v) is 6.22. The Bertz CT molecular complexity index is 173. The molecule has 1 aliphatic carbocycles. The second-order valence-electron chi connectivity index (χ2n) is 5.11. The molecule has 2 rings (SSSR count). The van der Waals surface area contributed by atoms with Crippen molar-refractivity contribution in [1.29, 1.82) is 0 Å². The summed E-state index contributed by atoms with van der Waals surface area (Å²) in [6, 6.07) is 1.61. The van der Waals surface area contributed by atoms with Gasteiger partial charge in [-0.3, -0.25) is 4.90 Å². The molecule has 2 fully saturated rings. The van der Waals surface area contributed by atoms with E-state index >= 15 is 0 Å². The molecule has 2 aliphatic rings. The number of rotatable bonds is 2. The minimum atomic E-state index is 0.767. The van der Waals surface area contributed by atoms with Gasteiger partial charge in [-0.15, -0.1) is 0 Å². The Morgan fingerprint density at radius 1 is 1.07 bits per heavy atom. The first kappa shape index (κ1) is 10.4. The summed E-state index contributed by atoms with van der Waals surface area (Å²) in [4.78, 5) is 2.73. The largest absolute Gasteiger partial charge is 0.315 e. The van der Waals surface area contributed by atoms with E-state index in [-0.39, 0.29) is 0 Å². The summed E-state index contributed by atoms with van der Waals surface area (Å²) in [7, 11) is 2.12. The first-order valence-electron chi connectivity index (χ1n) is 6.22. The number of likely N-dealkylation sites (tertiary alicyclic amines) is 1. The molecule has 0 bridgehead atoms. The first-order chi connectivity index (χ1) is 6.81. The second-order valence-corrected chi connectivity index (χ2v) is 5.11. The number of nitrogens with one attached hydrogen (secondary N) is 1. The molecule has 0 aromatic rings. The Labute approximate surface area is 88.1 Å². The van der Waals surface area contributed by atoms with Crippen LogP contribution in [0.25, 0.3) is 0 Å². The molecule has 1 N–H and O–H groups in total. The highest BCUT2D eigenvalue weighted by molar-refractivity contribution is 4.90. The van der Waals surface area contributed by atoms with Crippen molar-refractivity contribution in [1.82, 2.24) is 10.2 Å². The van der Waals surface area contributed by atoms with Gasteiger partial charge in [0.05, 0.1) is 0 Å². The molecule has 0 unspecified atom stereocenters. The fraction of sp³-hybridized carbons (Fsp3) is 1.00. The zero-order valence-electron chi connectivity index (χ0n) is 9.63. The predicted octanol–water partition coefficient (Wildman–Crippen LogP) is 1.86. The molecule has 1 heterocycles. The maximum Gasteiger partial charge on any atom is 0.0249 e. The summed E-state index contributed by atoms with van der Waals surface area (Å²) >= 11 is 0. The van der Waals surface area contributed by atoms with Gasteiger partial charge in [-0.1, -0.05) is 13.3 Å². The van der Waals surface area contributed by atoms with E-state index in [4.69, 9.17) is 0 Å². The highest BCUT2D eigenvalue weighted by atomic mass is 15.2. The lowest BCUT2D eigenvalue weighted by Gasteiger charge is -2.37. The SMILES string of the molecule is CN[C@@H]1CCC[C@H]1N1CCC(C)CC1. The van der Waals surface area contributed by atoms with Crippen LogP contribution in [0.4, 0.5) is 0 Å². The Hall–Kier alpha value is -0.0800. The van der Waals surface area contributed by atoms with Crippen LogP contribution in [0, 0.1) is 5.92 Å². The van der Waals surface area contributed by atoms with Gasteiger partial charge in [-0.25, -0.2) is 0 Å². The van der Waals surface area contributed by atoms with E-state index in [1.807, 2.05) is 0 Å².